The Bertz CT molecular complexity index is 354. The number of rotatable bonds is 3. The van der Waals surface area contributed by atoms with Crippen molar-refractivity contribution in [1.29, 1.82) is 0 Å². The third kappa shape index (κ3) is 3.92. The summed E-state index contributed by atoms with van der Waals surface area (Å²) in [7, 11) is 0. The van der Waals surface area contributed by atoms with Crippen molar-refractivity contribution in [3.63, 3.8) is 0 Å². The third-order valence-electron chi connectivity index (χ3n) is 3.21. The Morgan fingerprint density at radius 3 is 2.47 bits per heavy atom. The second kappa shape index (κ2) is 6.48. The van der Waals surface area contributed by atoms with Gasteiger partial charge in [-0.25, -0.2) is 0 Å². The van der Waals surface area contributed by atoms with Crippen molar-refractivity contribution >= 4 is 0 Å². The molecule has 0 aromatic heterocycles. The van der Waals surface area contributed by atoms with Crippen LogP contribution in [0.1, 0.15) is 40.5 Å². The lowest BCUT2D eigenvalue weighted by Crippen LogP contribution is -2.16. The fraction of sp³-hybridized carbons (Fsp3) is 0.500. The molecule has 0 aromatic rings. The van der Waals surface area contributed by atoms with Crippen LogP contribution in [-0.2, 0) is 0 Å². The summed E-state index contributed by atoms with van der Waals surface area (Å²) < 4.78 is 0. The van der Waals surface area contributed by atoms with Gasteiger partial charge in [-0.1, -0.05) is 44.2 Å². The minimum Gasteiger partial charge on any atom is -0.385 e. The van der Waals surface area contributed by atoms with Gasteiger partial charge in [0, 0.05) is 12.2 Å². The van der Waals surface area contributed by atoms with Crippen molar-refractivity contribution in [1.82, 2.24) is 5.32 Å². The fourth-order valence-corrected chi connectivity index (χ4v) is 2.24. The molecule has 1 rings (SSSR count). The smallest absolute Gasteiger partial charge is 0.0374 e. The lowest BCUT2D eigenvalue weighted by atomic mass is 9.79. The molecule has 0 saturated carbocycles. The molecule has 1 N–H and O–H groups in total. The predicted molar refractivity (Wildman–Crippen MR) is 76.8 cm³/mol. The van der Waals surface area contributed by atoms with Crippen LogP contribution in [0.4, 0.5) is 0 Å². The van der Waals surface area contributed by atoms with E-state index < -0.39 is 0 Å². The monoisotopic (exact) mass is 231 g/mol. The summed E-state index contributed by atoms with van der Waals surface area (Å²) in [6.07, 6.45) is 15.3. The van der Waals surface area contributed by atoms with Gasteiger partial charge in [0.25, 0.3) is 0 Å². The zero-order chi connectivity index (χ0) is 12.7. The van der Waals surface area contributed by atoms with Crippen LogP contribution >= 0.6 is 0 Å². The van der Waals surface area contributed by atoms with Gasteiger partial charge >= 0.3 is 0 Å². The SMILES string of the molecule is C/C=C\C1=C(/C=C\C=C\C)C(C)(C)CCCN1. The Kier molecular flexibility index (Phi) is 5.27. The lowest BCUT2D eigenvalue weighted by Gasteiger charge is -2.25. The van der Waals surface area contributed by atoms with Crippen molar-refractivity contribution in [3.05, 3.63) is 47.7 Å². The minimum absolute atomic E-state index is 0.246. The van der Waals surface area contributed by atoms with Gasteiger partial charge in [0.15, 0.2) is 0 Å². The van der Waals surface area contributed by atoms with Crippen LogP contribution in [0.5, 0.6) is 0 Å². The van der Waals surface area contributed by atoms with Gasteiger partial charge in [-0.3, -0.25) is 0 Å². The van der Waals surface area contributed by atoms with Gasteiger partial charge in [-0.05, 0) is 43.8 Å². The molecule has 0 aromatic carbocycles. The second-order valence-electron chi connectivity index (χ2n) is 5.13. The molecule has 17 heavy (non-hydrogen) atoms. The Morgan fingerprint density at radius 2 is 1.82 bits per heavy atom. The molecule has 1 nitrogen and oxygen atoms in total. The number of hydrogen-bond acceptors (Lipinski definition) is 1. The molecule has 0 bridgehead atoms. The topological polar surface area (TPSA) is 12.0 Å². The van der Waals surface area contributed by atoms with Crippen LogP contribution in [-0.4, -0.2) is 6.54 Å². The van der Waals surface area contributed by atoms with Gasteiger partial charge in [-0.2, -0.15) is 0 Å². The van der Waals surface area contributed by atoms with E-state index in [-0.39, 0.29) is 5.41 Å². The quantitative estimate of drug-likeness (QED) is 0.712. The van der Waals surface area contributed by atoms with Crippen molar-refractivity contribution in [2.24, 2.45) is 5.41 Å². The van der Waals surface area contributed by atoms with Gasteiger partial charge in [0.05, 0.1) is 0 Å². The van der Waals surface area contributed by atoms with E-state index in [0.717, 1.165) is 6.54 Å². The fourth-order valence-electron chi connectivity index (χ4n) is 2.24. The average molecular weight is 231 g/mol. The third-order valence-corrected chi connectivity index (χ3v) is 3.21. The number of nitrogens with one attached hydrogen (secondary N) is 1. The minimum atomic E-state index is 0.246. The molecule has 1 heterocycles. The van der Waals surface area contributed by atoms with Gasteiger partial charge in [0.2, 0.25) is 0 Å². The summed E-state index contributed by atoms with van der Waals surface area (Å²) in [6.45, 7) is 9.85. The molecule has 1 aliphatic heterocycles. The molecular formula is C16H25N. The molecule has 0 spiro atoms. The predicted octanol–water partition coefficient (Wildman–Crippen LogP) is 4.36. The van der Waals surface area contributed by atoms with Crippen LogP contribution < -0.4 is 5.32 Å². The first-order chi connectivity index (χ1) is 8.11. The summed E-state index contributed by atoms with van der Waals surface area (Å²) in [4.78, 5) is 0. The summed E-state index contributed by atoms with van der Waals surface area (Å²) in [6, 6.07) is 0. The summed E-state index contributed by atoms with van der Waals surface area (Å²) in [5.41, 5.74) is 2.93. The zero-order valence-electron chi connectivity index (χ0n) is 11.6. The highest BCUT2D eigenvalue weighted by Gasteiger charge is 2.25. The highest BCUT2D eigenvalue weighted by Crippen LogP contribution is 2.36. The van der Waals surface area contributed by atoms with E-state index in [0.29, 0.717) is 0 Å². The molecular weight excluding hydrogens is 206 g/mol. The van der Waals surface area contributed by atoms with E-state index in [9.17, 15) is 0 Å². The Balaban J connectivity index is 3.13. The van der Waals surface area contributed by atoms with Crippen molar-refractivity contribution in [3.8, 4) is 0 Å². The molecule has 0 aliphatic carbocycles. The van der Waals surface area contributed by atoms with Crippen LogP contribution in [0.25, 0.3) is 0 Å². The molecule has 1 heteroatoms. The first-order valence-electron chi connectivity index (χ1n) is 6.52. The Labute approximate surface area is 106 Å². The molecule has 0 saturated heterocycles. The molecule has 0 atom stereocenters. The highest BCUT2D eigenvalue weighted by molar-refractivity contribution is 5.38. The first-order valence-corrected chi connectivity index (χ1v) is 6.52. The summed E-state index contributed by atoms with van der Waals surface area (Å²) in [5, 5.41) is 3.53. The number of allylic oxidation sites excluding steroid dienone is 7. The van der Waals surface area contributed by atoms with E-state index in [4.69, 9.17) is 0 Å². The second-order valence-corrected chi connectivity index (χ2v) is 5.13. The molecule has 0 fully saturated rings. The Morgan fingerprint density at radius 1 is 1.06 bits per heavy atom. The summed E-state index contributed by atoms with van der Waals surface area (Å²) in [5.74, 6) is 0. The van der Waals surface area contributed by atoms with E-state index >= 15 is 0 Å². The van der Waals surface area contributed by atoms with Crippen molar-refractivity contribution < 1.29 is 0 Å². The van der Waals surface area contributed by atoms with Crippen LogP contribution in [0, 0.1) is 5.41 Å². The van der Waals surface area contributed by atoms with Gasteiger partial charge in [0.1, 0.15) is 0 Å². The molecule has 94 valence electrons. The Hall–Kier alpha value is -1.24. The van der Waals surface area contributed by atoms with Crippen LogP contribution in [0.2, 0.25) is 0 Å². The average Bonchev–Trinajstić information content (AvgIpc) is 2.41. The number of hydrogen-bond donors (Lipinski definition) is 1. The van der Waals surface area contributed by atoms with Crippen molar-refractivity contribution in [2.45, 2.75) is 40.5 Å². The van der Waals surface area contributed by atoms with E-state index in [1.165, 1.54) is 24.1 Å². The van der Waals surface area contributed by atoms with E-state index in [2.05, 4.69) is 62.5 Å². The van der Waals surface area contributed by atoms with Gasteiger partial charge in [-0.15, -0.1) is 0 Å². The van der Waals surface area contributed by atoms with E-state index in [1.54, 1.807) is 0 Å². The van der Waals surface area contributed by atoms with Crippen molar-refractivity contribution in [2.75, 3.05) is 6.54 Å². The maximum absolute atomic E-state index is 3.53. The maximum atomic E-state index is 3.53. The normalized spacial score (nSPS) is 21.4. The first kappa shape index (κ1) is 13.8. The highest BCUT2D eigenvalue weighted by atomic mass is 14.9. The molecule has 0 unspecified atom stereocenters. The molecule has 1 aliphatic rings. The zero-order valence-corrected chi connectivity index (χ0v) is 11.6. The lowest BCUT2D eigenvalue weighted by molar-refractivity contribution is 0.413. The standard InChI is InChI=1S/C16H25N/c1-5-7-8-11-14-15(10-6-2)17-13-9-12-16(14,3)4/h5-8,10-11,17H,9,12-13H2,1-4H3/b7-5+,10-6-,11-8-. The largest absolute Gasteiger partial charge is 0.385 e. The molecule has 0 amide bonds. The van der Waals surface area contributed by atoms with Crippen LogP contribution in [0.15, 0.2) is 47.7 Å². The van der Waals surface area contributed by atoms with E-state index in [1.807, 2.05) is 6.92 Å². The summed E-state index contributed by atoms with van der Waals surface area (Å²) >= 11 is 0. The van der Waals surface area contributed by atoms with Gasteiger partial charge < -0.3 is 5.32 Å². The molecule has 0 radical (unpaired) electrons. The maximum Gasteiger partial charge on any atom is 0.0374 e. The van der Waals surface area contributed by atoms with Crippen LogP contribution in [0.3, 0.4) is 0 Å².